The molecule has 7 nitrogen and oxygen atoms in total. The number of rotatable bonds is 4. The number of furan rings is 1. The topological polar surface area (TPSA) is 98.3 Å². The maximum Gasteiger partial charge on any atom is 0.272 e. The van der Waals surface area contributed by atoms with Crippen molar-refractivity contribution < 1.29 is 14.1 Å². The van der Waals surface area contributed by atoms with Crippen molar-refractivity contribution in [1.82, 2.24) is 4.98 Å². The predicted octanol–water partition coefficient (Wildman–Crippen LogP) is 4.18. The molecule has 8 heteroatoms. The molecule has 2 heterocycles. The van der Waals surface area contributed by atoms with E-state index < -0.39 is 4.92 Å². The molecule has 0 aliphatic carbocycles. The number of amides is 1. The second-order valence-electron chi connectivity index (χ2n) is 5.14. The average molecular weight is 343 g/mol. The van der Waals surface area contributed by atoms with E-state index in [1.807, 2.05) is 0 Å². The van der Waals surface area contributed by atoms with Gasteiger partial charge < -0.3 is 4.42 Å². The van der Waals surface area contributed by atoms with E-state index in [1.54, 1.807) is 37.4 Å². The number of nitro groups is 1. The molecule has 0 bridgehead atoms. The van der Waals surface area contributed by atoms with Gasteiger partial charge in [-0.05, 0) is 19.9 Å². The highest BCUT2D eigenvalue weighted by Gasteiger charge is 2.16. The highest BCUT2D eigenvalue weighted by Crippen LogP contribution is 2.29. The fraction of sp³-hybridized carbons (Fsp3) is 0.125. The Morgan fingerprint density at radius 3 is 2.79 bits per heavy atom. The van der Waals surface area contributed by atoms with Gasteiger partial charge >= 0.3 is 0 Å². The van der Waals surface area contributed by atoms with Crippen LogP contribution in [0.2, 0.25) is 0 Å². The van der Waals surface area contributed by atoms with Crippen molar-refractivity contribution in [3.8, 4) is 11.3 Å². The van der Waals surface area contributed by atoms with Crippen LogP contribution in [0.3, 0.4) is 0 Å². The molecule has 122 valence electrons. The molecule has 2 aromatic heterocycles. The van der Waals surface area contributed by atoms with E-state index in [1.165, 1.54) is 23.7 Å². The van der Waals surface area contributed by atoms with E-state index in [4.69, 9.17) is 4.42 Å². The molecule has 24 heavy (non-hydrogen) atoms. The van der Waals surface area contributed by atoms with Gasteiger partial charge in [-0.1, -0.05) is 12.1 Å². The third kappa shape index (κ3) is 3.04. The van der Waals surface area contributed by atoms with Gasteiger partial charge in [-0.25, -0.2) is 4.98 Å². The highest BCUT2D eigenvalue weighted by atomic mass is 32.1. The Bertz CT molecular complexity index is 929. The van der Waals surface area contributed by atoms with Crippen molar-refractivity contribution in [2.45, 2.75) is 13.8 Å². The number of nitrogens with zero attached hydrogens (tertiary/aromatic N) is 2. The van der Waals surface area contributed by atoms with Crippen molar-refractivity contribution >= 4 is 28.1 Å². The summed E-state index contributed by atoms with van der Waals surface area (Å²) in [7, 11) is 0. The number of hydrogen-bond donors (Lipinski definition) is 1. The summed E-state index contributed by atoms with van der Waals surface area (Å²) >= 11 is 1.25. The largest absolute Gasteiger partial charge is 0.469 e. The molecule has 3 aromatic rings. The zero-order chi connectivity index (χ0) is 17.3. The minimum atomic E-state index is -0.421. The van der Waals surface area contributed by atoms with E-state index in [9.17, 15) is 14.9 Å². The lowest BCUT2D eigenvalue weighted by atomic mass is 10.1. The van der Waals surface area contributed by atoms with Crippen LogP contribution in [0.5, 0.6) is 0 Å². The summed E-state index contributed by atoms with van der Waals surface area (Å²) in [6.07, 6.45) is 1.45. The first-order valence-electron chi connectivity index (χ1n) is 7.02. The summed E-state index contributed by atoms with van der Waals surface area (Å²) in [5.41, 5.74) is 2.27. The van der Waals surface area contributed by atoms with Crippen molar-refractivity contribution in [1.29, 1.82) is 0 Å². The zero-order valence-electron chi connectivity index (χ0n) is 12.9. The van der Waals surface area contributed by atoms with Crippen LogP contribution in [0.15, 0.2) is 40.3 Å². The fourth-order valence-corrected chi connectivity index (χ4v) is 2.93. The van der Waals surface area contributed by atoms with E-state index in [-0.39, 0.29) is 11.6 Å². The summed E-state index contributed by atoms with van der Waals surface area (Å²) in [5, 5.41) is 15.9. The van der Waals surface area contributed by atoms with Gasteiger partial charge in [-0.2, -0.15) is 0 Å². The van der Waals surface area contributed by atoms with Crippen LogP contribution in [0, 0.1) is 24.0 Å². The summed E-state index contributed by atoms with van der Waals surface area (Å²) in [6, 6.07) is 6.52. The lowest BCUT2D eigenvalue weighted by molar-refractivity contribution is -0.385. The zero-order valence-corrected chi connectivity index (χ0v) is 13.7. The molecule has 1 aromatic carbocycles. The number of benzene rings is 1. The molecule has 0 spiro atoms. The molecule has 0 unspecified atom stereocenters. The van der Waals surface area contributed by atoms with E-state index in [0.29, 0.717) is 33.3 Å². The smallest absolute Gasteiger partial charge is 0.272 e. The Morgan fingerprint density at radius 2 is 2.12 bits per heavy atom. The summed E-state index contributed by atoms with van der Waals surface area (Å²) in [4.78, 5) is 27.1. The molecule has 1 N–H and O–H groups in total. The van der Waals surface area contributed by atoms with Crippen LogP contribution in [0.4, 0.5) is 10.8 Å². The Balaban J connectivity index is 1.83. The first-order chi connectivity index (χ1) is 11.5. The molecule has 0 radical (unpaired) electrons. The minimum Gasteiger partial charge on any atom is -0.469 e. The van der Waals surface area contributed by atoms with Gasteiger partial charge in [0.1, 0.15) is 5.76 Å². The minimum absolute atomic E-state index is 0.0418. The van der Waals surface area contributed by atoms with Crippen LogP contribution in [-0.2, 0) is 0 Å². The first kappa shape index (κ1) is 15.9. The average Bonchev–Trinajstić information content (AvgIpc) is 3.16. The summed E-state index contributed by atoms with van der Waals surface area (Å²) in [5.74, 6) is 0.218. The SMILES string of the molecule is Cc1ccc(-c2csc(NC(=O)c3ccoc3C)n2)cc1[N+](=O)[O-]. The molecular formula is C16H13N3O4S. The number of aromatic nitrogens is 1. The molecular weight excluding hydrogens is 330 g/mol. The number of thiazole rings is 1. The number of anilines is 1. The van der Waals surface area contributed by atoms with Crippen molar-refractivity contribution in [3.05, 3.63) is 62.9 Å². The molecule has 0 atom stereocenters. The van der Waals surface area contributed by atoms with Crippen molar-refractivity contribution in [2.24, 2.45) is 0 Å². The van der Waals surface area contributed by atoms with Gasteiger partial charge in [0.05, 0.1) is 22.4 Å². The molecule has 0 aliphatic heterocycles. The van der Waals surface area contributed by atoms with Gasteiger partial charge in [0.2, 0.25) is 0 Å². The standard InChI is InChI=1S/C16H13N3O4S/c1-9-3-4-11(7-14(9)19(21)22)13-8-24-16(17-13)18-15(20)12-5-6-23-10(12)2/h3-8H,1-2H3,(H,17,18,20). The Hall–Kier alpha value is -3.00. The van der Waals surface area contributed by atoms with Crippen LogP contribution in [-0.4, -0.2) is 15.8 Å². The number of nitrogens with one attached hydrogen (secondary N) is 1. The van der Waals surface area contributed by atoms with E-state index in [0.717, 1.165) is 0 Å². The van der Waals surface area contributed by atoms with Crippen molar-refractivity contribution in [2.75, 3.05) is 5.32 Å². The maximum atomic E-state index is 12.1. The Labute approximate surface area is 141 Å². The molecule has 0 aliphatic rings. The molecule has 3 rings (SSSR count). The normalized spacial score (nSPS) is 10.6. The number of aryl methyl sites for hydroxylation is 2. The van der Waals surface area contributed by atoms with Gasteiger partial charge in [-0.3, -0.25) is 20.2 Å². The Morgan fingerprint density at radius 1 is 1.33 bits per heavy atom. The van der Waals surface area contributed by atoms with E-state index in [2.05, 4.69) is 10.3 Å². The quantitative estimate of drug-likeness (QED) is 0.566. The van der Waals surface area contributed by atoms with Gasteiger partial charge in [0.15, 0.2) is 5.13 Å². The first-order valence-corrected chi connectivity index (χ1v) is 7.90. The number of carbonyl (C=O) groups is 1. The lowest BCUT2D eigenvalue weighted by Crippen LogP contribution is -2.11. The number of nitro benzene ring substituents is 1. The van der Waals surface area contributed by atoms with Crippen LogP contribution in [0.1, 0.15) is 21.7 Å². The number of hydrogen-bond acceptors (Lipinski definition) is 6. The fourth-order valence-electron chi connectivity index (χ4n) is 2.21. The lowest BCUT2D eigenvalue weighted by Gasteiger charge is -2.01. The second-order valence-corrected chi connectivity index (χ2v) is 6.00. The van der Waals surface area contributed by atoms with Gasteiger partial charge in [0.25, 0.3) is 11.6 Å². The third-order valence-corrected chi connectivity index (χ3v) is 4.29. The van der Waals surface area contributed by atoms with Gasteiger partial charge in [0, 0.05) is 22.6 Å². The van der Waals surface area contributed by atoms with Gasteiger partial charge in [-0.15, -0.1) is 11.3 Å². The molecule has 0 saturated heterocycles. The second kappa shape index (κ2) is 6.25. The third-order valence-electron chi connectivity index (χ3n) is 3.53. The van der Waals surface area contributed by atoms with Crippen LogP contribution in [0.25, 0.3) is 11.3 Å². The number of carbonyl (C=O) groups excluding carboxylic acids is 1. The molecule has 0 saturated carbocycles. The predicted molar refractivity (Wildman–Crippen MR) is 90.3 cm³/mol. The molecule has 1 amide bonds. The van der Waals surface area contributed by atoms with Crippen molar-refractivity contribution in [3.63, 3.8) is 0 Å². The van der Waals surface area contributed by atoms with Crippen LogP contribution < -0.4 is 5.32 Å². The summed E-state index contributed by atoms with van der Waals surface area (Å²) in [6.45, 7) is 3.38. The Kier molecular flexibility index (Phi) is 4.13. The van der Waals surface area contributed by atoms with E-state index >= 15 is 0 Å². The van der Waals surface area contributed by atoms with Crippen LogP contribution >= 0.6 is 11.3 Å². The maximum absolute atomic E-state index is 12.1. The molecule has 0 fully saturated rings. The highest BCUT2D eigenvalue weighted by molar-refractivity contribution is 7.14. The monoisotopic (exact) mass is 343 g/mol. The summed E-state index contributed by atoms with van der Waals surface area (Å²) < 4.78 is 5.10.